The van der Waals surface area contributed by atoms with Crippen molar-refractivity contribution in [2.75, 3.05) is 20.6 Å². The smallest absolute Gasteiger partial charge is 0.0515 e. The van der Waals surface area contributed by atoms with Crippen LogP contribution in [0.2, 0.25) is 0 Å². The molecule has 0 aromatic carbocycles. The summed E-state index contributed by atoms with van der Waals surface area (Å²) in [6.07, 6.45) is 1.13. The molecule has 1 aromatic heterocycles. The highest BCUT2D eigenvalue weighted by atomic mass is 32.1. The van der Waals surface area contributed by atoms with Gasteiger partial charge in [0.05, 0.1) is 6.04 Å². The number of likely N-dealkylation sites (N-methyl/N-ethyl adjacent to an activating group) is 2. The lowest BCUT2D eigenvalue weighted by Crippen LogP contribution is -2.51. The van der Waals surface area contributed by atoms with Crippen molar-refractivity contribution in [2.45, 2.75) is 45.7 Å². The lowest BCUT2D eigenvalue weighted by molar-refractivity contribution is 0.113. The number of nitrogens with zero attached hydrogens (tertiary/aromatic N) is 1. The molecule has 1 heterocycles. The second-order valence-electron chi connectivity index (χ2n) is 5.03. The van der Waals surface area contributed by atoms with Crippen molar-refractivity contribution >= 4 is 11.3 Å². The van der Waals surface area contributed by atoms with Crippen LogP contribution in [0.1, 0.15) is 43.7 Å². The summed E-state index contributed by atoms with van der Waals surface area (Å²) < 4.78 is 0. The fraction of sp³-hybridized carbons (Fsp3) is 0.714. The summed E-state index contributed by atoms with van der Waals surface area (Å²) in [6.45, 7) is 10.0. The molecule has 2 nitrogen and oxygen atoms in total. The summed E-state index contributed by atoms with van der Waals surface area (Å²) in [5.74, 6) is 0. The van der Waals surface area contributed by atoms with Crippen molar-refractivity contribution < 1.29 is 0 Å². The summed E-state index contributed by atoms with van der Waals surface area (Å²) in [7, 11) is 4.35. The van der Waals surface area contributed by atoms with Crippen LogP contribution in [0.25, 0.3) is 0 Å². The Morgan fingerprint density at radius 3 is 2.41 bits per heavy atom. The molecule has 0 fully saturated rings. The van der Waals surface area contributed by atoms with Crippen LogP contribution in [0.3, 0.4) is 0 Å². The Morgan fingerprint density at radius 1 is 1.41 bits per heavy atom. The van der Waals surface area contributed by atoms with Crippen molar-refractivity contribution in [2.24, 2.45) is 0 Å². The molecule has 2 unspecified atom stereocenters. The largest absolute Gasteiger partial charge is 0.309 e. The van der Waals surface area contributed by atoms with E-state index in [1.165, 1.54) is 10.4 Å². The van der Waals surface area contributed by atoms with Crippen LogP contribution in [0.15, 0.2) is 11.4 Å². The zero-order chi connectivity index (χ0) is 13.1. The van der Waals surface area contributed by atoms with Gasteiger partial charge in [-0.3, -0.25) is 0 Å². The minimum Gasteiger partial charge on any atom is -0.309 e. The van der Waals surface area contributed by atoms with E-state index in [9.17, 15) is 0 Å². The summed E-state index contributed by atoms with van der Waals surface area (Å²) in [4.78, 5) is 3.77. The van der Waals surface area contributed by atoms with Gasteiger partial charge in [0.25, 0.3) is 0 Å². The Balaban J connectivity index is 3.12. The zero-order valence-electron chi connectivity index (χ0n) is 12.0. The van der Waals surface area contributed by atoms with Gasteiger partial charge < -0.3 is 10.2 Å². The molecule has 0 radical (unpaired) electrons. The maximum Gasteiger partial charge on any atom is 0.0515 e. The number of nitrogens with one attached hydrogen (secondary N) is 1. The first-order valence-corrected chi connectivity index (χ1v) is 7.30. The Bertz CT molecular complexity index is 346. The van der Waals surface area contributed by atoms with Crippen molar-refractivity contribution in [3.63, 3.8) is 0 Å². The molecule has 17 heavy (non-hydrogen) atoms. The van der Waals surface area contributed by atoms with E-state index < -0.39 is 0 Å². The molecule has 0 aliphatic rings. The van der Waals surface area contributed by atoms with E-state index in [1.54, 1.807) is 0 Å². The molecule has 0 aliphatic heterocycles. The predicted octanol–water partition coefficient (Wildman–Crippen LogP) is 3.44. The van der Waals surface area contributed by atoms with Gasteiger partial charge in [0, 0.05) is 10.4 Å². The Labute approximate surface area is 110 Å². The van der Waals surface area contributed by atoms with E-state index in [4.69, 9.17) is 0 Å². The second-order valence-corrected chi connectivity index (χ2v) is 6.15. The standard InChI is InChI=1S/C14H26N2S/c1-7-14(4,16(5)6)13(15-8-2)12-9-10-17-11(12)3/h9-10,13,15H,7-8H2,1-6H3. The normalized spacial score (nSPS) is 17.1. The molecular formula is C14H26N2S. The van der Waals surface area contributed by atoms with Gasteiger partial charge in [-0.25, -0.2) is 0 Å². The zero-order valence-corrected chi connectivity index (χ0v) is 12.8. The molecule has 0 aliphatic carbocycles. The van der Waals surface area contributed by atoms with Gasteiger partial charge >= 0.3 is 0 Å². The fourth-order valence-electron chi connectivity index (χ4n) is 2.34. The number of aryl methyl sites for hydroxylation is 1. The molecule has 1 rings (SSSR count). The van der Waals surface area contributed by atoms with Gasteiger partial charge in [-0.15, -0.1) is 11.3 Å². The number of hydrogen-bond donors (Lipinski definition) is 1. The average Bonchev–Trinajstić information content (AvgIpc) is 2.71. The molecule has 1 aromatic rings. The maximum absolute atomic E-state index is 3.66. The lowest BCUT2D eigenvalue weighted by Gasteiger charge is -2.43. The first-order chi connectivity index (χ1) is 7.97. The lowest BCUT2D eigenvalue weighted by atomic mass is 9.83. The Kier molecular flexibility index (Phi) is 5.17. The monoisotopic (exact) mass is 254 g/mol. The van der Waals surface area contributed by atoms with E-state index in [0.29, 0.717) is 6.04 Å². The molecule has 3 heteroatoms. The van der Waals surface area contributed by atoms with Crippen LogP contribution in [-0.2, 0) is 0 Å². The van der Waals surface area contributed by atoms with Crippen molar-refractivity contribution in [3.05, 3.63) is 21.9 Å². The SMILES string of the molecule is CCNC(c1ccsc1C)C(C)(CC)N(C)C. The van der Waals surface area contributed by atoms with Gasteiger partial charge in [0.2, 0.25) is 0 Å². The third kappa shape index (κ3) is 2.90. The van der Waals surface area contributed by atoms with E-state index in [2.05, 4.69) is 63.5 Å². The van der Waals surface area contributed by atoms with Crippen LogP contribution in [-0.4, -0.2) is 31.1 Å². The van der Waals surface area contributed by atoms with Gasteiger partial charge in [0.1, 0.15) is 0 Å². The molecule has 0 saturated carbocycles. The molecule has 0 saturated heterocycles. The molecule has 2 atom stereocenters. The summed E-state index contributed by atoms with van der Waals surface area (Å²) in [5.41, 5.74) is 1.61. The van der Waals surface area contributed by atoms with E-state index in [1.807, 2.05) is 11.3 Å². The minimum atomic E-state index is 0.155. The molecular weight excluding hydrogens is 228 g/mol. The van der Waals surface area contributed by atoms with Crippen molar-refractivity contribution in [1.82, 2.24) is 10.2 Å². The summed E-state index contributed by atoms with van der Waals surface area (Å²) >= 11 is 1.84. The molecule has 0 amide bonds. The van der Waals surface area contributed by atoms with Crippen LogP contribution in [0.5, 0.6) is 0 Å². The first kappa shape index (κ1) is 14.7. The first-order valence-electron chi connectivity index (χ1n) is 6.42. The van der Waals surface area contributed by atoms with E-state index >= 15 is 0 Å². The highest BCUT2D eigenvalue weighted by Gasteiger charge is 2.36. The highest BCUT2D eigenvalue weighted by Crippen LogP contribution is 2.35. The van der Waals surface area contributed by atoms with E-state index in [-0.39, 0.29) is 5.54 Å². The molecule has 0 bridgehead atoms. The Morgan fingerprint density at radius 2 is 2.06 bits per heavy atom. The number of rotatable bonds is 6. The maximum atomic E-state index is 3.66. The van der Waals surface area contributed by atoms with Gasteiger partial charge in [0.15, 0.2) is 0 Å². The Hall–Kier alpha value is -0.380. The third-order valence-electron chi connectivity index (χ3n) is 3.98. The van der Waals surface area contributed by atoms with Gasteiger partial charge in [-0.1, -0.05) is 13.8 Å². The van der Waals surface area contributed by atoms with Crippen LogP contribution in [0.4, 0.5) is 0 Å². The molecule has 0 spiro atoms. The highest BCUT2D eigenvalue weighted by molar-refractivity contribution is 7.10. The molecule has 1 N–H and O–H groups in total. The minimum absolute atomic E-state index is 0.155. The van der Waals surface area contributed by atoms with Crippen LogP contribution < -0.4 is 5.32 Å². The topological polar surface area (TPSA) is 15.3 Å². The van der Waals surface area contributed by atoms with Crippen molar-refractivity contribution in [1.29, 1.82) is 0 Å². The second kappa shape index (κ2) is 5.98. The summed E-state index contributed by atoms with van der Waals surface area (Å²) in [6, 6.07) is 2.67. The van der Waals surface area contributed by atoms with Crippen molar-refractivity contribution in [3.8, 4) is 0 Å². The summed E-state index contributed by atoms with van der Waals surface area (Å²) in [5, 5.41) is 5.86. The number of hydrogen-bond acceptors (Lipinski definition) is 3. The van der Waals surface area contributed by atoms with Crippen LogP contribution in [0, 0.1) is 6.92 Å². The predicted molar refractivity (Wildman–Crippen MR) is 77.9 cm³/mol. The molecule has 98 valence electrons. The average molecular weight is 254 g/mol. The third-order valence-corrected chi connectivity index (χ3v) is 4.84. The van der Waals surface area contributed by atoms with Gasteiger partial charge in [-0.05, 0) is 57.9 Å². The van der Waals surface area contributed by atoms with Gasteiger partial charge in [-0.2, -0.15) is 0 Å². The quantitative estimate of drug-likeness (QED) is 0.836. The number of thiophene rings is 1. The fourth-order valence-corrected chi connectivity index (χ4v) is 3.08. The van der Waals surface area contributed by atoms with E-state index in [0.717, 1.165) is 13.0 Å². The van der Waals surface area contributed by atoms with Crippen LogP contribution >= 0.6 is 11.3 Å².